The van der Waals surface area contributed by atoms with Gasteiger partial charge < -0.3 is 20.9 Å². The Morgan fingerprint density at radius 1 is 1.47 bits per heavy atom. The third-order valence-electron chi connectivity index (χ3n) is 2.55. The fourth-order valence-electron chi connectivity index (χ4n) is 1.46. The van der Waals surface area contributed by atoms with E-state index in [1.165, 1.54) is 13.3 Å². The van der Waals surface area contributed by atoms with Crippen LogP contribution in [0.4, 0.5) is 0 Å². The van der Waals surface area contributed by atoms with Crippen LogP contribution in [-0.2, 0) is 16.0 Å². The summed E-state index contributed by atoms with van der Waals surface area (Å²) >= 11 is 0. The van der Waals surface area contributed by atoms with Gasteiger partial charge in [-0.05, 0) is 6.92 Å². The molecule has 0 aliphatic carbocycles. The van der Waals surface area contributed by atoms with Crippen molar-refractivity contribution in [3.05, 3.63) is 18.2 Å². The molecule has 3 atom stereocenters. The summed E-state index contributed by atoms with van der Waals surface area (Å²) in [6.07, 6.45) is 3.18. The molecule has 1 aromatic rings. The van der Waals surface area contributed by atoms with Gasteiger partial charge in [-0.25, -0.2) is 4.98 Å². The van der Waals surface area contributed by atoms with Crippen LogP contribution in [0.3, 0.4) is 0 Å². The zero-order valence-corrected chi connectivity index (χ0v) is 11.1. The normalized spacial score (nSPS) is 15.1. The first kappa shape index (κ1) is 17.4. The first-order chi connectivity index (χ1) is 8.41. The smallest absolute Gasteiger partial charge is 0.322 e. The van der Waals surface area contributed by atoms with E-state index in [1.54, 1.807) is 6.20 Å². The molecule has 0 spiro atoms. The largest absolute Gasteiger partial charge is 0.480 e. The average Bonchev–Trinajstić information content (AvgIpc) is 2.79. The number of rotatable bonds is 7. The molecule has 1 aromatic heterocycles. The van der Waals surface area contributed by atoms with Crippen LogP contribution in [0, 0.1) is 0 Å². The van der Waals surface area contributed by atoms with Crippen LogP contribution < -0.4 is 11.1 Å². The van der Waals surface area contributed by atoms with Crippen molar-refractivity contribution in [1.82, 2.24) is 15.3 Å². The molecule has 0 aliphatic rings. The van der Waals surface area contributed by atoms with Gasteiger partial charge in [-0.1, -0.05) is 0 Å². The maximum Gasteiger partial charge on any atom is 0.322 e. The molecule has 0 aliphatic heterocycles. The van der Waals surface area contributed by atoms with E-state index in [1.807, 2.05) is 0 Å². The Morgan fingerprint density at radius 2 is 2.11 bits per heavy atom. The molecular weight excluding hydrogens is 276 g/mol. The molecular formula is C10H17ClN4O4. The number of carbonyl (C=O) groups is 2. The van der Waals surface area contributed by atoms with Crippen molar-refractivity contribution in [3.8, 4) is 0 Å². The summed E-state index contributed by atoms with van der Waals surface area (Å²) in [5.41, 5.74) is 5.98. The molecule has 0 saturated heterocycles. The standard InChI is InChI=1S/C10H16N4O4.ClH/c1-5(8(11)10(17)18)14-7(9(15)16)2-6-3-12-4-13-6;/h3-5,7-8,14H,2,11H2,1H3,(H,12,13)(H,15,16)(H,17,18);1H. The third-order valence-corrected chi connectivity index (χ3v) is 2.55. The van der Waals surface area contributed by atoms with E-state index in [4.69, 9.17) is 15.9 Å². The minimum Gasteiger partial charge on any atom is -0.480 e. The molecule has 0 bridgehead atoms. The Kier molecular flexibility index (Phi) is 7.05. The van der Waals surface area contributed by atoms with Gasteiger partial charge in [0.25, 0.3) is 0 Å². The molecule has 0 aromatic carbocycles. The minimum atomic E-state index is -1.18. The number of H-pyrrole nitrogens is 1. The average molecular weight is 293 g/mol. The molecule has 108 valence electrons. The fourth-order valence-corrected chi connectivity index (χ4v) is 1.46. The number of halogens is 1. The lowest BCUT2D eigenvalue weighted by Gasteiger charge is -2.22. The van der Waals surface area contributed by atoms with E-state index in [-0.39, 0.29) is 18.8 Å². The van der Waals surface area contributed by atoms with Gasteiger partial charge in [-0.3, -0.25) is 14.9 Å². The number of hydrogen-bond acceptors (Lipinski definition) is 5. The Hall–Kier alpha value is -1.64. The second-order valence-corrected chi connectivity index (χ2v) is 3.97. The predicted octanol–water partition coefficient (Wildman–Crippen LogP) is -0.783. The Labute approximate surface area is 115 Å². The highest BCUT2D eigenvalue weighted by Gasteiger charge is 2.26. The molecule has 0 radical (unpaired) electrons. The van der Waals surface area contributed by atoms with Gasteiger partial charge in [0.05, 0.1) is 12.0 Å². The van der Waals surface area contributed by atoms with Crippen LogP contribution in [-0.4, -0.2) is 50.2 Å². The van der Waals surface area contributed by atoms with Crippen LogP contribution in [0.1, 0.15) is 12.6 Å². The van der Waals surface area contributed by atoms with Crippen molar-refractivity contribution in [1.29, 1.82) is 0 Å². The lowest BCUT2D eigenvalue weighted by atomic mass is 10.1. The molecule has 0 fully saturated rings. The van der Waals surface area contributed by atoms with Gasteiger partial charge in [-0.2, -0.15) is 0 Å². The fraction of sp³-hybridized carbons (Fsp3) is 0.500. The summed E-state index contributed by atoms with van der Waals surface area (Å²) in [5.74, 6) is -2.26. The maximum absolute atomic E-state index is 11.1. The third kappa shape index (κ3) is 5.25. The number of nitrogens with two attached hydrogens (primary N) is 1. The Balaban J connectivity index is 0.00000324. The number of nitrogens with zero attached hydrogens (tertiary/aromatic N) is 1. The molecule has 9 heteroatoms. The quantitative estimate of drug-likeness (QED) is 0.443. The maximum atomic E-state index is 11.1. The molecule has 8 nitrogen and oxygen atoms in total. The molecule has 19 heavy (non-hydrogen) atoms. The number of carboxylic acids is 2. The predicted molar refractivity (Wildman–Crippen MR) is 69.2 cm³/mol. The number of aromatic nitrogens is 2. The lowest BCUT2D eigenvalue weighted by Crippen LogP contribution is -2.53. The highest BCUT2D eigenvalue weighted by Crippen LogP contribution is 2.01. The highest BCUT2D eigenvalue weighted by atomic mass is 35.5. The van der Waals surface area contributed by atoms with Crippen LogP contribution in [0.25, 0.3) is 0 Å². The van der Waals surface area contributed by atoms with Crippen LogP contribution in [0.5, 0.6) is 0 Å². The first-order valence-electron chi connectivity index (χ1n) is 5.36. The first-order valence-corrected chi connectivity index (χ1v) is 5.36. The van der Waals surface area contributed by atoms with Gasteiger partial charge in [0.1, 0.15) is 12.1 Å². The number of hydrogen-bond donors (Lipinski definition) is 5. The minimum absolute atomic E-state index is 0. The number of aromatic amines is 1. The summed E-state index contributed by atoms with van der Waals surface area (Å²) in [4.78, 5) is 28.4. The summed E-state index contributed by atoms with van der Waals surface area (Å²) in [5, 5.41) is 20.5. The van der Waals surface area contributed by atoms with E-state index < -0.39 is 30.1 Å². The second kappa shape index (κ2) is 7.72. The van der Waals surface area contributed by atoms with Gasteiger partial charge in [0.2, 0.25) is 0 Å². The van der Waals surface area contributed by atoms with E-state index in [9.17, 15) is 9.59 Å². The van der Waals surface area contributed by atoms with Gasteiger partial charge in [-0.15, -0.1) is 12.4 Å². The number of imidazole rings is 1. The lowest BCUT2D eigenvalue weighted by molar-refractivity contribution is -0.142. The molecule has 3 unspecified atom stereocenters. The number of aliphatic carboxylic acids is 2. The van der Waals surface area contributed by atoms with Crippen molar-refractivity contribution in [2.45, 2.75) is 31.5 Å². The van der Waals surface area contributed by atoms with Crippen molar-refractivity contribution < 1.29 is 19.8 Å². The van der Waals surface area contributed by atoms with Crippen molar-refractivity contribution in [2.75, 3.05) is 0 Å². The van der Waals surface area contributed by atoms with E-state index in [0.717, 1.165) is 0 Å². The molecule has 1 rings (SSSR count). The van der Waals surface area contributed by atoms with Crippen molar-refractivity contribution in [3.63, 3.8) is 0 Å². The summed E-state index contributed by atoms with van der Waals surface area (Å²) in [6.45, 7) is 1.53. The van der Waals surface area contributed by atoms with E-state index >= 15 is 0 Å². The summed E-state index contributed by atoms with van der Waals surface area (Å²) in [7, 11) is 0. The van der Waals surface area contributed by atoms with Gasteiger partial charge in [0, 0.05) is 18.7 Å². The number of nitrogens with one attached hydrogen (secondary N) is 2. The topological polar surface area (TPSA) is 141 Å². The van der Waals surface area contributed by atoms with E-state index in [2.05, 4.69) is 15.3 Å². The molecule has 0 saturated carbocycles. The second-order valence-electron chi connectivity index (χ2n) is 3.97. The number of carboxylic acid groups (broad SMARTS) is 2. The Bertz CT molecular complexity index is 412. The van der Waals surface area contributed by atoms with E-state index in [0.29, 0.717) is 5.69 Å². The summed E-state index contributed by atoms with van der Waals surface area (Å²) < 4.78 is 0. The van der Waals surface area contributed by atoms with Crippen LogP contribution in [0.15, 0.2) is 12.5 Å². The zero-order chi connectivity index (χ0) is 13.7. The monoisotopic (exact) mass is 292 g/mol. The van der Waals surface area contributed by atoms with Crippen molar-refractivity contribution in [2.24, 2.45) is 5.73 Å². The Morgan fingerprint density at radius 3 is 2.53 bits per heavy atom. The highest BCUT2D eigenvalue weighted by molar-refractivity contribution is 5.85. The van der Waals surface area contributed by atoms with Gasteiger partial charge >= 0.3 is 11.9 Å². The SMILES string of the molecule is CC(NC(Cc1c[nH]cn1)C(=O)O)C(N)C(=O)O.Cl. The summed E-state index contributed by atoms with van der Waals surface area (Å²) in [6, 6.07) is -2.76. The molecule has 0 amide bonds. The van der Waals surface area contributed by atoms with Gasteiger partial charge in [0.15, 0.2) is 0 Å². The van der Waals surface area contributed by atoms with Crippen LogP contribution in [0.2, 0.25) is 0 Å². The molecule has 6 N–H and O–H groups in total. The van der Waals surface area contributed by atoms with Crippen molar-refractivity contribution >= 4 is 24.3 Å². The molecule has 1 heterocycles. The van der Waals surface area contributed by atoms with Crippen LogP contribution >= 0.6 is 12.4 Å². The zero-order valence-electron chi connectivity index (χ0n) is 10.2.